The molecule has 3 aromatic rings. The van der Waals surface area contributed by atoms with Crippen molar-refractivity contribution in [2.75, 3.05) is 11.9 Å². The Morgan fingerprint density at radius 3 is 2.70 bits per heavy atom. The molecule has 0 fully saturated rings. The molecule has 1 N–H and O–H groups in total. The Balaban J connectivity index is 1.78. The smallest absolute Gasteiger partial charge is 0.341 e. The van der Waals surface area contributed by atoms with E-state index in [-0.39, 0.29) is 18.5 Å². The van der Waals surface area contributed by atoms with E-state index in [4.69, 9.17) is 4.74 Å². The second-order valence-corrected chi connectivity index (χ2v) is 7.20. The molecule has 1 aromatic carbocycles. The lowest BCUT2D eigenvalue weighted by molar-refractivity contribution is 0.0527. The van der Waals surface area contributed by atoms with Gasteiger partial charge in [0.05, 0.1) is 12.2 Å². The zero-order chi connectivity index (χ0) is 18.8. The van der Waals surface area contributed by atoms with E-state index in [1.807, 2.05) is 12.1 Å². The Morgan fingerprint density at radius 1 is 1.15 bits per heavy atom. The van der Waals surface area contributed by atoms with Crippen LogP contribution in [0.5, 0.6) is 0 Å². The highest BCUT2D eigenvalue weighted by Crippen LogP contribution is 2.45. The van der Waals surface area contributed by atoms with Crippen molar-refractivity contribution in [3.05, 3.63) is 71.0 Å². The third-order valence-corrected chi connectivity index (χ3v) is 5.74. The maximum atomic E-state index is 12.7. The lowest BCUT2D eigenvalue weighted by Crippen LogP contribution is -2.16. The summed E-state index contributed by atoms with van der Waals surface area (Å²) >= 11 is 1.43. The van der Waals surface area contributed by atoms with E-state index in [1.165, 1.54) is 16.9 Å². The number of nitrogens with zero attached hydrogens (tertiary/aromatic N) is 1. The van der Waals surface area contributed by atoms with Crippen molar-refractivity contribution in [1.82, 2.24) is 4.98 Å². The molecule has 0 spiro atoms. The molecule has 0 atom stereocenters. The number of aryl methyl sites for hydroxylation is 1. The molecule has 2 aromatic heterocycles. The number of anilines is 1. The molecule has 1 amide bonds. The van der Waals surface area contributed by atoms with Crippen LogP contribution in [0.25, 0.3) is 10.4 Å². The monoisotopic (exact) mass is 378 g/mol. The largest absolute Gasteiger partial charge is 0.462 e. The molecule has 136 valence electrons. The highest BCUT2D eigenvalue weighted by atomic mass is 32.1. The number of hydrogen-bond donors (Lipinski definition) is 1. The van der Waals surface area contributed by atoms with E-state index in [0.717, 1.165) is 28.8 Å². The minimum absolute atomic E-state index is 0.269. The van der Waals surface area contributed by atoms with Crippen LogP contribution in [0.4, 0.5) is 5.00 Å². The zero-order valence-electron chi connectivity index (χ0n) is 14.8. The van der Waals surface area contributed by atoms with Crippen molar-refractivity contribution < 1.29 is 14.3 Å². The molecule has 4 rings (SSSR count). The number of amides is 1. The molecule has 6 heteroatoms. The van der Waals surface area contributed by atoms with E-state index in [1.54, 1.807) is 31.5 Å². The molecule has 5 nitrogen and oxygen atoms in total. The molecule has 0 radical (unpaired) electrons. The summed E-state index contributed by atoms with van der Waals surface area (Å²) in [5.74, 6) is -0.658. The van der Waals surface area contributed by atoms with E-state index in [2.05, 4.69) is 22.4 Å². The summed E-state index contributed by atoms with van der Waals surface area (Å²) < 4.78 is 5.27. The summed E-state index contributed by atoms with van der Waals surface area (Å²) in [4.78, 5) is 30.2. The Morgan fingerprint density at radius 2 is 1.93 bits per heavy atom. The fourth-order valence-corrected chi connectivity index (χ4v) is 4.62. The van der Waals surface area contributed by atoms with Crippen molar-refractivity contribution in [1.29, 1.82) is 0 Å². The van der Waals surface area contributed by atoms with Gasteiger partial charge in [-0.25, -0.2) is 4.79 Å². The quantitative estimate of drug-likeness (QED) is 0.686. The summed E-state index contributed by atoms with van der Waals surface area (Å²) in [6.07, 6.45) is 4.75. The summed E-state index contributed by atoms with van der Waals surface area (Å²) in [6.45, 7) is 2.07. The van der Waals surface area contributed by atoms with Crippen LogP contribution in [0.2, 0.25) is 0 Å². The second-order valence-electron chi connectivity index (χ2n) is 6.18. The summed E-state index contributed by atoms with van der Waals surface area (Å²) in [7, 11) is 0. The molecule has 0 unspecified atom stereocenters. The lowest BCUT2D eigenvalue weighted by atomic mass is 9.89. The molecule has 0 saturated heterocycles. The van der Waals surface area contributed by atoms with Gasteiger partial charge in [0, 0.05) is 22.8 Å². The third kappa shape index (κ3) is 3.24. The van der Waals surface area contributed by atoms with Gasteiger partial charge in [-0.1, -0.05) is 24.3 Å². The van der Waals surface area contributed by atoms with Crippen LogP contribution in [-0.2, 0) is 17.6 Å². The van der Waals surface area contributed by atoms with Crippen molar-refractivity contribution >= 4 is 28.2 Å². The fourth-order valence-electron chi connectivity index (χ4n) is 3.33. The number of thiophene rings is 1. The first-order chi connectivity index (χ1) is 13.2. The third-order valence-electron chi connectivity index (χ3n) is 4.56. The van der Waals surface area contributed by atoms with Gasteiger partial charge in [0.25, 0.3) is 5.91 Å². The molecule has 1 aliphatic carbocycles. The molecule has 2 heterocycles. The number of esters is 1. The molecule has 1 aliphatic rings. The van der Waals surface area contributed by atoms with E-state index in [9.17, 15) is 9.59 Å². The number of benzene rings is 1. The first-order valence-electron chi connectivity index (χ1n) is 8.81. The topological polar surface area (TPSA) is 68.3 Å². The van der Waals surface area contributed by atoms with Gasteiger partial charge < -0.3 is 10.1 Å². The van der Waals surface area contributed by atoms with Crippen LogP contribution in [0.3, 0.4) is 0 Å². The van der Waals surface area contributed by atoms with Gasteiger partial charge >= 0.3 is 5.97 Å². The molecular weight excluding hydrogens is 360 g/mol. The van der Waals surface area contributed by atoms with Crippen LogP contribution in [0.15, 0.2) is 48.8 Å². The van der Waals surface area contributed by atoms with Crippen molar-refractivity contribution in [2.24, 2.45) is 0 Å². The number of carbonyl (C=O) groups is 2. The van der Waals surface area contributed by atoms with Crippen LogP contribution in [0.1, 0.15) is 38.8 Å². The van der Waals surface area contributed by atoms with E-state index in [0.29, 0.717) is 16.1 Å². The number of carbonyl (C=O) groups excluding carboxylic acids is 2. The van der Waals surface area contributed by atoms with Gasteiger partial charge in [0.2, 0.25) is 0 Å². The predicted octanol–water partition coefficient (Wildman–Crippen LogP) is 4.34. The normalized spacial score (nSPS) is 12.0. The van der Waals surface area contributed by atoms with Gasteiger partial charge in [-0.2, -0.15) is 0 Å². The van der Waals surface area contributed by atoms with Crippen LogP contribution in [0, 0.1) is 0 Å². The molecule has 27 heavy (non-hydrogen) atoms. The number of ether oxygens (including phenoxy) is 1. The number of hydrogen-bond acceptors (Lipinski definition) is 5. The average molecular weight is 378 g/mol. The fraction of sp³-hybridized carbons (Fsp3) is 0.190. The second kappa shape index (κ2) is 7.32. The van der Waals surface area contributed by atoms with Gasteiger partial charge in [-0.05, 0) is 48.6 Å². The Hall–Kier alpha value is -2.99. The minimum atomic E-state index is -0.389. The summed E-state index contributed by atoms with van der Waals surface area (Å²) in [5, 5.41) is 3.44. The standard InChI is InChI=1S/C21H18N2O3S/c1-2-26-21(25)17-16-8-7-13-5-3-4-6-15(13)18(16)27-20(17)23-19(24)14-9-11-22-12-10-14/h3-6,9-12H,2,7-8H2,1H3,(H,23,24). The van der Waals surface area contributed by atoms with Crippen LogP contribution < -0.4 is 5.32 Å². The highest BCUT2D eigenvalue weighted by molar-refractivity contribution is 7.20. The van der Waals surface area contributed by atoms with Gasteiger partial charge in [-0.15, -0.1) is 11.3 Å². The summed E-state index contributed by atoms with van der Waals surface area (Å²) in [5.41, 5.74) is 4.31. The van der Waals surface area contributed by atoms with Gasteiger partial charge in [-0.3, -0.25) is 9.78 Å². The summed E-state index contributed by atoms with van der Waals surface area (Å²) in [6, 6.07) is 11.5. The highest BCUT2D eigenvalue weighted by Gasteiger charge is 2.29. The minimum Gasteiger partial charge on any atom is -0.462 e. The van der Waals surface area contributed by atoms with E-state index >= 15 is 0 Å². The van der Waals surface area contributed by atoms with Crippen molar-refractivity contribution in [3.63, 3.8) is 0 Å². The number of fused-ring (bicyclic) bond motifs is 3. The molecule has 0 bridgehead atoms. The average Bonchev–Trinajstić information content (AvgIpc) is 3.07. The van der Waals surface area contributed by atoms with Crippen molar-refractivity contribution in [3.8, 4) is 10.4 Å². The molecule has 0 saturated carbocycles. The van der Waals surface area contributed by atoms with Crippen LogP contribution in [-0.4, -0.2) is 23.5 Å². The zero-order valence-corrected chi connectivity index (χ0v) is 15.6. The van der Waals surface area contributed by atoms with Gasteiger partial charge in [0.15, 0.2) is 0 Å². The Kier molecular flexibility index (Phi) is 4.73. The Bertz CT molecular complexity index is 1010. The number of rotatable bonds is 4. The molecule has 0 aliphatic heterocycles. The van der Waals surface area contributed by atoms with Crippen molar-refractivity contribution in [2.45, 2.75) is 19.8 Å². The maximum absolute atomic E-state index is 12.7. The maximum Gasteiger partial charge on any atom is 0.341 e. The SMILES string of the molecule is CCOC(=O)c1c(NC(=O)c2ccncc2)sc2c1CCc1ccccc1-2. The number of nitrogens with one attached hydrogen (secondary N) is 1. The number of aromatic nitrogens is 1. The Labute approximate surface area is 161 Å². The first kappa shape index (κ1) is 17.4. The molecular formula is C21H18N2O3S. The number of pyridine rings is 1. The van der Waals surface area contributed by atoms with Gasteiger partial charge in [0.1, 0.15) is 5.00 Å². The van der Waals surface area contributed by atoms with Crippen LogP contribution >= 0.6 is 11.3 Å². The lowest BCUT2D eigenvalue weighted by Gasteiger charge is -2.16. The predicted molar refractivity (Wildman–Crippen MR) is 105 cm³/mol. The van der Waals surface area contributed by atoms with E-state index < -0.39 is 0 Å². The first-order valence-corrected chi connectivity index (χ1v) is 9.63.